The molecule has 1 atom stereocenters. The number of rotatable bonds is 10. The van der Waals surface area contributed by atoms with Gasteiger partial charge in [-0.05, 0) is 6.92 Å². The van der Waals surface area contributed by atoms with Crippen LogP contribution < -0.4 is 5.32 Å². The number of aliphatic hydroxyl groups excluding tert-OH is 1. The third kappa shape index (κ3) is 10.6. The van der Waals surface area contributed by atoms with Gasteiger partial charge in [0.2, 0.25) is 5.91 Å². The second-order valence-electron chi connectivity index (χ2n) is 3.63. The fourth-order valence-corrected chi connectivity index (χ4v) is 1.03. The molecule has 0 bridgehead atoms. The summed E-state index contributed by atoms with van der Waals surface area (Å²) in [4.78, 5) is 33.0. The first-order valence-corrected chi connectivity index (χ1v) is 6.56. The van der Waals surface area contributed by atoms with Gasteiger partial charge in [-0.1, -0.05) is 0 Å². The topological polar surface area (TPSA) is 111 Å². The first-order valence-electron chi connectivity index (χ1n) is 5.93. The summed E-state index contributed by atoms with van der Waals surface area (Å²) in [6, 6.07) is 0. The van der Waals surface area contributed by atoms with E-state index >= 15 is 0 Å². The monoisotopic (exact) mass is 309 g/mol. The Balaban J connectivity index is 3.48. The fraction of sp³-hybridized carbons (Fsp3) is 0.727. The molecule has 0 spiro atoms. The summed E-state index contributed by atoms with van der Waals surface area (Å²) in [7, 11) is 0. The molecule has 0 aliphatic heterocycles. The van der Waals surface area contributed by atoms with Crippen LogP contribution in [0.15, 0.2) is 0 Å². The Hall–Kier alpha value is -1.32. The van der Waals surface area contributed by atoms with Crippen molar-refractivity contribution in [2.45, 2.75) is 13.0 Å². The van der Waals surface area contributed by atoms with E-state index in [-0.39, 0.29) is 25.7 Å². The number of carbonyl (C=O) groups is 3. The van der Waals surface area contributed by atoms with Crippen molar-refractivity contribution in [3.8, 4) is 0 Å². The van der Waals surface area contributed by atoms with Crippen molar-refractivity contribution in [2.24, 2.45) is 0 Å². The first-order chi connectivity index (χ1) is 9.47. The maximum Gasteiger partial charge on any atom is 0.344 e. The van der Waals surface area contributed by atoms with Crippen LogP contribution in [-0.4, -0.2) is 67.8 Å². The highest BCUT2D eigenvalue weighted by atomic mass is 32.1. The van der Waals surface area contributed by atoms with E-state index in [0.717, 1.165) is 0 Å². The van der Waals surface area contributed by atoms with Gasteiger partial charge in [0.25, 0.3) is 0 Å². The van der Waals surface area contributed by atoms with Crippen molar-refractivity contribution in [3.05, 3.63) is 0 Å². The van der Waals surface area contributed by atoms with Crippen LogP contribution >= 0.6 is 12.6 Å². The van der Waals surface area contributed by atoms with E-state index in [4.69, 9.17) is 9.84 Å². The van der Waals surface area contributed by atoms with Crippen molar-refractivity contribution in [1.29, 1.82) is 0 Å². The number of aliphatic hydroxyl groups is 1. The van der Waals surface area contributed by atoms with E-state index in [9.17, 15) is 14.4 Å². The molecule has 0 saturated heterocycles. The summed E-state index contributed by atoms with van der Waals surface area (Å²) >= 11 is 3.92. The molecule has 1 amide bonds. The Labute approximate surface area is 122 Å². The normalized spacial score (nSPS) is 11.6. The van der Waals surface area contributed by atoms with Gasteiger partial charge in [0.15, 0.2) is 6.61 Å². The molecule has 116 valence electrons. The maximum absolute atomic E-state index is 11.1. The molecular formula is C11H19NO7S. The van der Waals surface area contributed by atoms with Gasteiger partial charge >= 0.3 is 11.9 Å². The van der Waals surface area contributed by atoms with Crippen molar-refractivity contribution >= 4 is 30.5 Å². The van der Waals surface area contributed by atoms with Gasteiger partial charge in [0.1, 0.15) is 19.3 Å². The zero-order valence-corrected chi connectivity index (χ0v) is 12.1. The van der Waals surface area contributed by atoms with Gasteiger partial charge in [-0.25, -0.2) is 9.59 Å². The molecule has 0 aliphatic rings. The fourth-order valence-electron chi connectivity index (χ4n) is 0.918. The van der Waals surface area contributed by atoms with E-state index in [0.29, 0.717) is 12.3 Å². The Morgan fingerprint density at radius 1 is 1.20 bits per heavy atom. The lowest BCUT2D eigenvalue weighted by Crippen LogP contribution is -2.30. The molecule has 0 aliphatic carbocycles. The van der Waals surface area contributed by atoms with Crippen LogP contribution in [0.1, 0.15) is 6.92 Å². The lowest BCUT2D eigenvalue weighted by atomic mass is 10.4. The van der Waals surface area contributed by atoms with Crippen molar-refractivity contribution in [2.75, 3.05) is 38.7 Å². The number of hydrogen-bond acceptors (Lipinski definition) is 8. The molecule has 0 fully saturated rings. The SMILES string of the molecule is CC(O)C(=O)OCC(=O)OCCOCC(=O)NCCS. The van der Waals surface area contributed by atoms with E-state index in [1.807, 2.05) is 0 Å². The summed E-state index contributed by atoms with van der Waals surface area (Å²) in [5.41, 5.74) is 0. The molecule has 0 aromatic rings. The van der Waals surface area contributed by atoms with Crippen LogP contribution in [0.2, 0.25) is 0 Å². The van der Waals surface area contributed by atoms with Crippen LogP contribution in [0.25, 0.3) is 0 Å². The highest BCUT2D eigenvalue weighted by Gasteiger charge is 2.13. The highest BCUT2D eigenvalue weighted by Crippen LogP contribution is 1.89. The Bertz CT molecular complexity index is 322. The Morgan fingerprint density at radius 2 is 1.90 bits per heavy atom. The minimum atomic E-state index is -1.29. The molecular weight excluding hydrogens is 290 g/mol. The predicted molar refractivity (Wildman–Crippen MR) is 71.3 cm³/mol. The predicted octanol–water partition coefficient (Wildman–Crippen LogP) is -1.48. The molecule has 0 aromatic carbocycles. The molecule has 0 aromatic heterocycles. The van der Waals surface area contributed by atoms with E-state index < -0.39 is 24.6 Å². The lowest BCUT2D eigenvalue weighted by molar-refractivity contribution is -0.164. The van der Waals surface area contributed by atoms with Gasteiger partial charge in [-0.15, -0.1) is 0 Å². The van der Waals surface area contributed by atoms with Gasteiger partial charge in [0, 0.05) is 12.3 Å². The third-order valence-electron chi connectivity index (χ3n) is 1.83. The summed E-state index contributed by atoms with van der Waals surface area (Å²) in [6.45, 7) is 0.943. The summed E-state index contributed by atoms with van der Waals surface area (Å²) < 4.78 is 14.0. The third-order valence-corrected chi connectivity index (χ3v) is 2.05. The number of esters is 2. The molecule has 1 unspecified atom stereocenters. The smallest absolute Gasteiger partial charge is 0.344 e. The second kappa shape index (κ2) is 11.5. The number of amides is 1. The van der Waals surface area contributed by atoms with E-state index in [2.05, 4.69) is 27.4 Å². The van der Waals surface area contributed by atoms with Gasteiger partial charge in [-0.2, -0.15) is 12.6 Å². The maximum atomic E-state index is 11.1. The lowest BCUT2D eigenvalue weighted by Gasteiger charge is -2.08. The van der Waals surface area contributed by atoms with Gasteiger partial charge in [-0.3, -0.25) is 4.79 Å². The Kier molecular flexibility index (Phi) is 10.7. The van der Waals surface area contributed by atoms with Crippen LogP contribution in [0.5, 0.6) is 0 Å². The minimum absolute atomic E-state index is 0.0460. The van der Waals surface area contributed by atoms with Crippen LogP contribution in [-0.2, 0) is 28.6 Å². The molecule has 0 radical (unpaired) electrons. The first kappa shape index (κ1) is 18.7. The van der Waals surface area contributed by atoms with E-state index in [1.165, 1.54) is 6.92 Å². The quantitative estimate of drug-likeness (QED) is 0.256. The summed E-state index contributed by atoms with van der Waals surface area (Å²) in [5, 5.41) is 11.4. The van der Waals surface area contributed by atoms with Crippen LogP contribution in [0.4, 0.5) is 0 Å². The number of carbonyl (C=O) groups excluding carboxylic acids is 3. The average Bonchev–Trinajstić information content (AvgIpc) is 2.41. The molecule has 8 nitrogen and oxygen atoms in total. The zero-order valence-electron chi connectivity index (χ0n) is 11.2. The van der Waals surface area contributed by atoms with E-state index in [1.54, 1.807) is 0 Å². The summed E-state index contributed by atoms with van der Waals surface area (Å²) in [5.74, 6) is -1.41. The number of nitrogens with one attached hydrogen (secondary N) is 1. The standard InChI is InChI=1S/C11H19NO7S/c1-8(13)11(16)19-7-10(15)18-4-3-17-6-9(14)12-2-5-20/h8,13,20H,2-7H2,1H3,(H,12,14). The van der Waals surface area contributed by atoms with Crippen molar-refractivity contribution in [1.82, 2.24) is 5.32 Å². The summed E-state index contributed by atoms with van der Waals surface area (Å²) in [6.07, 6.45) is -1.29. The van der Waals surface area contributed by atoms with Gasteiger partial charge in [0.05, 0.1) is 6.61 Å². The van der Waals surface area contributed by atoms with Crippen molar-refractivity contribution in [3.63, 3.8) is 0 Å². The largest absolute Gasteiger partial charge is 0.461 e. The molecule has 0 heterocycles. The number of thiol groups is 1. The molecule has 0 rings (SSSR count). The minimum Gasteiger partial charge on any atom is -0.461 e. The zero-order chi connectivity index (χ0) is 15.4. The van der Waals surface area contributed by atoms with Crippen LogP contribution in [0.3, 0.4) is 0 Å². The highest BCUT2D eigenvalue weighted by molar-refractivity contribution is 7.80. The van der Waals surface area contributed by atoms with Crippen molar-refractivity contribution < 1.29 is 33.7 Å². The number of hydrogen-bond donors (Lipinski definition) is 3. The molecule has 0 saturated carbocycles. The average molecular weight is 309 g/mol. The number of ether oxygens (including phenoxy) is 3. The molecule has 20 heavy (non-hydrogen) atoms. The molecule has 9 heteroatoms. The molecule has 2 N–H and O–H groups in total. The van der Waals surface area contributed by atoms with Crippen LogP contribution in [0, 0.1) is 0 Å². The Morgan fingerprint density at radius 3 is 2.50 bits per heavy atom. The second-order valence-corrected chi connectivity index (χ2v) is 4.08. The van der Waals surface area contributed by atoms with Gasteiger partial charge < -0.3 is 24.6 Å².